The Morgan fingerprint density at radius 3 is 2.35 bits per heavy atom. The minimum atomic E-state index is -4.75. The summed E-state index contributed by atoms with van der Waals surface area (Å²) < 4.78 is 51.5. The number of amides is 4. The van der Waals surface area contributed by atoms with E-state index in [0.717, 1.165) is 28.8 Å². The molecular formula is C29H24ClF3N2O5. The number of carbonyl (C=O) groups excluding carboxylic acids is 3. The molecule has 0 atom stereocenters. The molecule has 0 spiro atoms. The summed E-state index contributed by atoms with van der Waals surface area (Å²) in [5.41, 5.74) is 1.48. The minimum absolute atomic E-state index is 0.275. The van der Waals surface area contributed by atoms with Gasteiger partial charge in [-0.1, -0.05) is 35.9 Å². The molecule has 0 radical (unpaired) electrons. The van der Waals surface area contributed by atoms with Crippen molar-refractivity contribution in [2.75, 3.05) is 11.5 Å². The summed E-state index contributed by atoms with van der Waals surface area (Å²) in [5, 5.41) is 1.69. The number of halogens is 4. The van der Waals surface area contributed by atoms with Crippen LogP contribution in [0.4, 0.5) is 23.7 Å². The summed E-state index contributed by atoms with van der Waals surface area (Å²) in [6, 6.07) is 11.7. The third-order valence-electron chi connectivity index (χ3n) is 6.16. The largest absolute Gasteiger partial charge is 0.490 e. The number of carbonyl (C=O) groups is 3. The van der Waals surface area contributed by atoms with Crippen molar-refractivity contribution in [1.82, 2.24) is 5.32 Å². The van der Waals surface area contributed by atoms with Crippen LogP contribution < -0.4 is 19.7 Å². The van der Waals surface area contributed by atoms with Crippen LogP contribution in [0.15, 0.2) is 60.2 Å². The molecule has 1 aliphatic rings. The number of nitrogens with zero attached hydrogens (tertiary/aromatic N) is 1. The predicted molar refractivity (Wildman–Crippen MR) is 143 cm³/mol. The van der Waals surface area contributed by atoms with Gasteiger partial charge in [0.1, 0.15) is 12.2 Å². The topological polar surface area (TPSA) is 84.9 Å². The fraction of sp³-hybridized carbons (Fsp3) is 0.207. The highest BCUT2D eigenvalue weighted by Gasteiger charge is 2.39. The molecule has 0 bridgehead atoms. The van der Waals surface area contributed by atoms with E-state index in [1.165, 1.54) is 6.08 Å². The van der Waals surface area contributed by atoms with Crippen LogP contribution in [0.5, 0.6) is 11.5 Å². The summed E-state index contributed by atoms with van der Waals surface area (Å²) >= 11 is 6.04. The van der Waals surface area contributed by atoms with Gasteiger partial charge in [-0.05, 0) is 79.4 Å². The molecule has 1 fully saturated rings. The second kappa shape index (κ2) is 11.4. The quantitative estimate of drug-likeness (QED) is 0.254. The molecule has 0 aromatic heterocycles. The lowest BCUT2D eigenvalue weighted by Crippen LogP contribution is -2.54. The van der Waals surface area contributed by atoms with Crippen molar-refractivity contribution in [1.29, 1.82) is 0 Å². The average molecular weight is 573 g/mol. The van der Waals surface area contributed by atoms with E-state index in [4.69, 9.17) is 21.1 Å². The number of ether oxygens (including phenoxy) is 2. The number of anilines is 1. The molecule has 0 unspecified atom stereocenters. The summed E-state index contributed by atoms with van der Waals surface area (Å²) in [6.07, 6.45) is -3.55. The third kappa shape index (κ3) is 6.12. The van der Waals surface area contributed by atoms with Gasteiger partial charge in [0.15, 0.2) is 11.5 Å². The molecule has 208 valence electrons. The van der Waals surface area contributed by atoms with Crippen LogP contribution in [-0.2, 0) is 22.4 Å². The maximum Gasteiger partial charge on any atom is 0.416 e. The van der Waals surface area contributed by atoms with Gasteiger partial charge in [-0.25, -0.2) is 9.69 Å². The van der Waals surface area contributed by atoms with E-state index in [1.54, 1.807) is 25.1 Å². The van der Waals surface area contributed by atoms with Gasteiger partial charge in [-0.2, -0.15) is 13.2 Å². The van der Waals surface area contributed by atoms with Gasteiger partial charge in [0.05, 0.1) is 22.9 Å². The fourth-order valence-electron chi connectivity index (χ4n) is 3.96. The van der Waals surface area contributed by atoms with Crippen molar-refractivity contribution in [3.8, 4) is 11.5 Å². The maximum atomic E-state index is 13.3. The van der Waals surface area contributed by atoms with Gasteiger partial charge in [-0.15, -0.1) is 0 Å². The normalized spacial score (nSPS) is 14.9. The van der Waals surface area contributed by atoms with Crippen molar-refractivity contribution in [3.63, 3.8) is 0 Å². The molecule has 0 saturated carbocycles. The Bertz CT molecular complexity index is 1530. The fourth-order valence-corrected chi connectivity index (χ4v) is 4.16. The zero-order valence-corrected chi connectivity index (χ0v) is 22.4. The molecule has 3 aromatic carbocycles. The molecule has 1 aliphatic heterocycles. The zero-order valence-electron chi connectivity index (χ0n) is 21.7. The first-order valence-corrected chi connectivity index (χ1v) is 12.5. The summed E-state index contributed by atoms with van der Waals surface area (Å²) in [4.78, 5) is 38.7. The van der Waals surface area contributed by atoms with Crippen LogP contribution in [0.3, 0.4) is 0 Å². The van der Waals surface area contributed by atoms with Gasteiger partial charge in [0, 0.05) is 0 Å². The van der Waals surface area contributed by atoms with Crippen molar-refractivity contribution < 1.29 is 37.0 Å². The van der Waals surface area contributed by atoms with E-state index in [-0.39, 0.29) is 11.6 Å². The maximum absolute atomic E-state index is 13.3. The Morgan fingerprint density at radius 1 is 0.925 bits per heavy atom. The van der Waals surface area contributed by atoms with E-state index < -0.39 is 40.8 Å². The molecule has 1 saturated heterocycles. The van der Waals surface area contributed by atoms with Crippen molar-refractivity contribution >= 4 is 41.2 Å². The van der Waals surface area contributed by atoms with Crippen LogP contribution in [0, 0.1) is 13.8 Å². The van der Waals surface area contributed by atoms with E-state index >= 15 is 0 Å². The summed E-state index contributed by atoms with van der Waals surface area (Å²) in [5.74, 6) is -1.38. The molecule has 4 rings (SSSR count). The number of hydrogen-bond donors (Lipinski definition) is 1. The number of urea groups is 1. The third-order valence-corrected chi connectivity index (χ3v) is 6.48. The second-order valence-corrected chi connectivity index (χ2v) is 9.38. The zero-order chi connectivity index (χ0) is 29.2. The van der Waals surface area contributed by atoms with Crippen LogP contribution in [0.2, 0.25) is 5.02 Å². The van der Waals surface area contributed by atoms with Gasteiger partial charge in [-0.3, -0.25) is 14.9 Å². The van der Waals surface area contributed by atoms with E-state index in [0.29, 0.717) is 34.6 Å². The number of barbiturate groups is 1. The highest BCUT2D eigenvalue weighted by molar-refractivity contribution is 6.42. The Hall–Kier alpha value is -4.31. The summed E-state index contributed by atoms with van der Waals surface area (Å²) in [6.45, 7) is 6.37. The lowest BCUT2D eigenvalue weighted by molar-refractivity contribution is -0.137. The number of nitrogens with one attached hydrogen (secondary N) is 1. The van der Waals surface area contributed by atoms with Gasteiger partial charge < -0.3 is 9.47 Å². The number of hydrogen-bond acceptors (Lipinski definition) is 5. The van der Waals surface area contributed by atoms with Gasteiger partial charge >= 0.3 is 12.2 Å². The predicted octanol–water partition coefficient (Wildman–Crippen LogP) is 6.62. The summed E-state index contributed by atoms with van der Waals surface area (Å²) in [7, 11) is 0. The highest BCUT2D eigenvalue weighted by Crippen LogP contribution is 2.37. The smallest absolute Gasteiger partial charge is 0.416 e. The van der Waals surface area contributed by atoms with E-state index in [1.807, 2.05) is 37.4 Å². The monoisotopic (exact) mass is 572 g/mol. The first-order chi connectivity index (χ1) is 18.9. The first kappa shape index (κ1) is 28.7. The van der Waals surface area contributed by atoms with E-state index in [2.05, 4.69) is 0 Å². The molecule has 0 aliphatic carbocycles. The average Bonchev–Trinajstić information content (AvgIpc) is 2.88. The molecule has 7 nitrogen and oxygen atoms in total. The second-order valence-electron chi connectivity index (χ2n) is 8.97. The van der Waals surface area contributed by atoms with E-state index in [9.17, 15) is 27.6 Å². The van der Waals surface area contributed by atoms with Crippen LogP contribution >= 0.6 is 11.6 Å². The van der Waals surface area contributed by atoms with Crippen molar-refractivity contribution in [2.24, 2.45) is 0 Å². The molecular weight excluding hydrogens is 549 g/mol. The first-order valence-electron chi connectivity index (χ1n) is 12.1. The Morgan fingerprint density at radius 2 is 1.68 bits per heavy atom. The number of rotatable bonds is 7. The Balaban J connectivity index is 1.65. The number of alkyl halides is 3. The SMILES string of the molecule is CCOc1cc(/C=C2/C(=O)NC(=O)N(c3cc(C(F)(F)F)ccc3Cl)C2=O)ccc1OCc1ccc(C)c(C)c1. The molecule has 3 aromatic rings. The standard InChI is InChI=1S/C29H24ClF3N2O5/c1-4-39-25-13-18(7-10-24(25)40-15-19-6-5-16(2)17(3)11-19)12-21-26(36)34-28(38)35(27(21)37)23-14-20(29(31,32)33)8-9-22(23)30/h5-14H,4,15H2,1-3H3,(H,34,36,38)/b21-12-. The van der Waals surface area contributed by atoms with Crippen LogP contribution in [-0.4, -0.2) is 24.5 Å². The van der Waals surface area contributed by atoms with Gasteiger partial charge in [0.25, 0.3) is 11.8 Å². The lowest BCUT2D eigenvalue weighted by atomic mass is 10.1. The number of imide groups is 2. The Labute approximate surface area is 233 Å². The Kier molecular flexibility index (Phi) is 8.20. The molecule has 11 heteroatoms. The number of benzene rings is 3. The lowest BCUT2D eigenvalue weighted by Gasteiger charge is -2.27. The van der Waals surface area contributed by atoms with Crippen molar-refractivity contribution in [2.45, 2.75) is 33.6 Å². The van der Waals surface area contributed by atoms with Crippen LogP contribution in [0.1, 0.15) is 34.7 Å². The molecule has 1 N–H and O–H groups in total. The molecule has 40 heavy (non-hydrogen) atoms. The number of aryl methyl sites for hydroxylation is 2. The van der Waals surface area contributed by atoms with Gasteiger partial charge in [0.2, 0.25) is 0 Å². The molecule has 1 heterocycles. The van der Waals surface area contributed by atoms with Crippen LogP contribution in [0.25, 0.3) is 6.08 Å². The minimum Gasteiger partial charge on any atom is -0.490 e. The highest BCUT2D eigenvalue weighted by atomic mass is 35.5. The molecule has 4 amide bonds. The van der Waals surface area contributed by atoms with Crippen molar-refractivity contribution in [3.05, 3.63) is 93.0 Å².